The van der Waals surface area contributed by atoms with Crippen LogP contribution in [-0.4, -0.2) is 28.9 Å². The molecular formula is C22H24ClN3O3. The molecule has 29 heavy (non-hydrogen) atoms. The minimum Gasteiger partial charge on any atom is -0.490 e. The van der Waals surface area contributed by atoms with Gasteiger partial charge in [-0.05, 0) is 49.2 Å². The second-order valence-electron chi connectivity index (χ2n) is 6.42. The zero-order chi connectivity index (χ0) is 20.6. The Morgan fingerprint density at radius 1 is 1.17 bits per heavy atom. The summed E-state index contributed by atoms with van der Waals surface area (Å²) in [6.45, 7) is 5.47. The van der Waals surface area contributed by atoms with Gasteiger partial charge < -0.3 is 14.8 Å². The smallest absolute Gasteiger partial charge is 0.255 e. The van der Waals surface area contributed by atoms with Crippen LogP contribution in [-0.2, 0) is 6.54 Å². The number of amides is 1. The van der Waals surface area contributed by atoms with Crippen LogP contribution in [0.2, 0.25) is 5.02 Å². The number of halogens is 1. The van der Waals surface area contributed by atoms with Crippen molar-refractivity contribution in [1.29, 1.82) is 0 Å². The van der Waals surface area contributed by atoms with Crippen LogP contribution in [0.1, 0.15) is 36.2 Å². The molecule has 0 atom stereocenters. The first-order valence-electron chi connectivity index (χ1n) is 9.57. The summed E-state index contributed by atoms with van der Waals surface area (Å²) in [7, 11) is 0. The van der Waals surface area contributed by atoms with Crippen molar-refractivity contribution in [2.24, 2.45) is 0 Å². The van der Waals surface area contributed by atoms with E-state index in [4.69, 9.17) is 21.1 Å². The maximum absolute atomic E-state index is 12.8. The minimum atomic E-state index is -0.272. The van der Waals surface area contributed by atoms with Crippen molar-refractivity contribution < 1.29 is 14.3 Å². The Kier molecular flexibility index (Phi) is 7.14. The zero-order valence-electron chi connectivity index (χ0n) is 16.5. The number of nitrogens with one attached hydrogen (secondary N) is 1. The van der Waals surface area contributed by atoms with Gasteiger partial charge in [0.15, 0.2) is 11.5 Å². The molecule has 7 heteroatoms. The molecule has 1 N–H and O–H groups in total. The molecule has 0 unspecified atom stereocenters. The van der Waals surface area contributed by atoms with Gasteiger partial charge in [0.1, 0.15) is 0 Å². The van der Waals surface area contributed by atoms with E-state index in [1.165, 1.54) is 0 Å². The Balaban J connectivity index is 1.78. The average molecular weight is 414 g/mol. The van der Waals surface area contributed by atoms with Crippen LogP contribution in [0.4, 0.5) is 5.69 Å². The van der Waals surface area contributed by atoms with E-state index in [2.05, 4.69) is 10.4 Å². The molecule has 0 aliphatic carbocycles. The Hall–Kier alpha value is -2.99. The molecule has 3 rings (SSSR count). The topological polar surface area (TPSA) is 65.4 Å². The van der Waals surface area contributed by atoms with Crippen molar-refractivity contribution in [3.8, 4) is 11.5 Å². The first-order chi connectivity index (χ1) is 14.1. The number of carbonyl (C=O) groups is 1. The third-order valence-electron chi connectivity index (χ3n) is 4.11. The lowest BCUT2D eigenvalue weighted by Gasteiger charge is -2.15. The average Bonchev–Trinajstić information content (AvgIpc) is 3.20. The first-order valence-corrected chi connectivity index (χ1v) is 9.95. The summed E-state index contributed by atoms with van der Waals surface area (Å²) in [5.74, 6) is 0.658. The molecule has 1 heterocycles. The zero-order valence-corrected chi connectivity index (χ0v) is 17.3. The van der Waals surface area contributed by atoms with Crippen LogP contribution in [0.25, 0.3) is 0 Å². The van der Waals surface area contributed by atoms with Gasteiger partial charge in [0.2, 0.25) is 0 Å². The maximum atomic E-state index is 12.8. The molecule has 0 bridgehead atoms. The highest BCUT2D eigenvalue weighted by molar-refractivity contribution is 6.32. The van der Waals surface area contributed by atoms with Gasteiger partial charge in [-0.25, -0.2) is 0 Å². The predicted octanol–water partition coefficient (Wildman–Crippen LogP) is 5.02. The summed E-state index contributed by atoms with van der Waals surface area (Å²) in [5, 5.41) is 7.47. The summed E-state index contributed by atoms with van der Waals surface area (Å²) in [4.78, 5) is 12.8. The number of anilines is 1. The molecule has 3 aromatic rings. The van der Waals surface area contributed by atoms with Crippen LogP contribution in [0, 0.1) is 0 Å². The number of carbonyl (C=O) groups excluding carboxylic acids is 1. The van der Waals surface area contributed by atoms with E-state index >= 15 is 0 Å². The molecule has 0 radical (unpaired) electrons. The molecular weight excluding hydrogens is 390 g/mol. The van der Waals surface area contributed by atoms with Gasteiger partial charge in [0.25, 0.3) is 5.91 Å². The molecule has 0 fully saturated rings. The third-order valence-corrected chi connectivity index (χ3v) is 4.39. The fourth-order valence-electron chi connectivity index (χ4n) is 2.84. The molecule has 0 aliphatic rings. The highest BCUT2D eigenvalue weighted by Gasteiger charge is 2.16. The molecule has 0 spiro atoms. The van der Waals surface area contributed by atoms with Crippen molar-refractivity contribution in [2.75, 3.05) is 18.5 Å². The van der Waals surface area contributed by atoms with Crippen molar-refractivity contribution in [3.05, 3.63) is 71.0 Å². The maximum Gasteiger partial charge on any atom is 0.255 e. The quantitative estimate of drug-likeness (QED) is 0.534. The Labute approximate surface area is 175 Å². The van der Waals surface area contributed by atoms with Crippen molar-refractivity contribution in [3.63, 3.8) is 0 Å². The molecule has 0 saturated heterocycles. The first kappa shape index (κ1) is 20.7. The molecule has 2 aromatic carbocycles. The lowest BCUT2D eigenvalue weighted by Crippen LogP contribution is -2.13. The number of hydrogen-bond acceptors (Lipinski definition) is 4. The Bertz CT molecular complexity index is 958. The van der Waals surface area contributed by atoms with E-state index in [9.17, 15) is 4.79 Å². The third kappa shape index (κ3) is 5.51. The molecule has 6 nitrogen and oxygen atoms in total. The van der Waals surface area contributed by atoms with Gasteiger partial charge in [0, 0.05) is 23.6 Å². The number of nitrogens with zero attached hydrogens (tertiary/aromatic N) is 2. The predicted molar refractivity (Wildman–Crippen MR) is 114 cm³/mol. The van der Waals surface area contributed by atoms with Gasteiger partial charge in [-0.1, -0.05) is 30.7 Å². The van der Waals surface area contributed by atoms with Crippen LogP contribution >= 0.6 is 11.6 Å². The molecule has 0 saturated carbocycles. The van der Waals surface area contributed by atoms with Gasteiger partial charge in [0.05, 0.1) is 24.8 Å². The van der Waals surface area contributed by atoms with Crippen molar-refractivity contribution >= 4 is 23.2 Å². The molecule has 0 aliphatic heterocycles. The van der Waals surface area contributed by atoms with Crippen LogP contribution < -0.4 is 14.8 Å². The van der Waals surface area contributed by atoms with Gasteiger partial charge in [-0.15, -0.1) is 0 Å². The lowest BCUT2D eigenvalue weighted by atomic mass is 10.1. The second kappa shape index (κ2) is 9.98. The standard InChI is InChI=1S/C22H24ClN3O3/c1-3-11-29-21-19(23)13-17(14-20(21)28-4-2)22(27)25-18-8-5-7-16(12-18)15-26-10-6-9-24-26/h5-10,12-14H,3-4,11,15H2,1-2H3,(H,25,27). The fraction of sp³-hybridized carbons (Fsp3) is 0.273. The van der Waals surface area contributed by atoms with Crippen molar-refractivity contribution in [2.45, 2.75) is 26.8 Å². The number of aromatic nitrogens is 2. The number of rotatable bonds is 9. The Morgan fingerprint density at radius 3 is 2.76 bits per heavy atom. The summed E-state index contributed by atoms with van der Waals surface area (Å²) in [5.41, 5.74) is 2.13. The van der Waals surface area contributed by atoms with E-state index in [1.54, 1.807) is 18.3 Å². The number of ether oxygens (including phenoxy) is 2. The minimum absolute atomic E-state index is 0.272. The van der Waals surface area contributed by atoms with E-state index in [0.29, 0.717) is 47.5 Å². The van der Waals surface area contributed by atoms with Gasteiger partial charge >= 0.3 is 0 Å². The SMILES string of the molecule is CCCOc1c(Cl)cc(C(=O)Nc2cccc(Cn3cccn3)c2)cc1OCC. The highest BCUT2D eigenvalue weighted by atomic mass is 35.5. The summed E-state index contributed by atoms with van der Waals surface area (Å²) < 4.78 is 13.1. The van der Waals surface area contributed by atoms with E-state index in [-0.39, 0.29) is 5.91 Å². The summed E-state index contributed by atoms with van der Waals surface area (Å²) in [6.07, 6.45) is 4.48. The van der Waals surface area contributed by atoms with Gasteiger partial charge in [-0.3, -0.25) is 9.48 Å². The van der Waals surface area contributed by atoms with E-state index in [0.717, 1.165) is 12.0 Å². The molecule has 152 valence electrons. The van der Waals surface area contributed by atoms with Gasteiger partial charge in [-0.2, -0.15) is 5.10 Å². The van der Waals surface area contributed by atoms with Crippen LogP contribution in [0.5, 0.6) is 11.5 Å². The monoisotopic (exact) mass is 413 g/mol. The largest absolute Gasteiger partial charge is 0.490 e. The number of benzene rings is 2. The molecule has 1 amide bonds. The highest BCUT2D eigenvalue weighted by Crippen LogP contribution is 2.37. The second-order valence-corrected chi connectivity index (χ2v) is 6.83. The normalized spacial score (nSPS) is 10.6. The fourth-order valence-corrected chi connectivity index (χ4v) is 3.10. The summed E-state index contributed by atoms with van der Waals surface area (Å²) >= 11 is 6.36. The van der Waals surface area contributed by atoms with E-state index < -0.39 is 0 Å². The van der Waals surface area contributed by atoms with Crippen LogP contribution in [0.15, 0.2) is 54.9 Å². The summed E-state index contributed by atoms with van der Waals surface area (Å²) in [6, 6.07) is 12.8. The Morgan fingerprint density at radius 2 is 2.03 bits per heavy atom. The van der Waals surface area contributed by atoms with Crippen molar-refractivity contribution in [1.82, 2.24) is 9.78 Å². The number of hydrogen-bond donors (Lipinski definition) is 1. The van der Waals surface area contributed by atoms with E-state index in [1.807, 2.05) is 55.1 Å². The molecule has 1 aromatic heterocycles. The van der Waals surface area contributed by atoms with Crippen LogP contribution in [0.3, 0.4) is 0 Å². The lowest BCUT2D eigenvalue weighted by molar-refractivity contribution is 0.102.